The fraction of sp³-hybridized carbons (Fsp3) is 0. The van der Waals surface area contributed by atoms with E-state index >= 15 is 0 Å². The lowest BCUT2D eigenvalue weighted by atomic mass is 10.2. The highest BCUT2D eigenvalue weighted by Gasteiger charge is 2.03. The number of benzene rings is 1. The first-order chi connectivity index (χ1) is 6.16. The van der Waals surface area contributed by atoms with Crippen LogP contribution in [-0.2, 0) is 0 Å². The first-order valence-electron chi connectivity index (χ1n) is 3.58. The third-order valence-corrected chi connectivity index (χ3v) is 2.20. The number of rotatable bonds is 0. The molecule has 0 N–H and O–H groups in total. The highest BCUT2D eigenvalue weighted by Crippen LogP contribution is 2.22. The van der Waals surface area contributed by atoms with E-state index < -0.39 is 5.82 Å². The summed E-state index contributed by atoms with van der Waals surface area (Å²) >= 11 is 11.2. The van der Waals surface area contributed by atoms with Crippen molar-refractivity contribution in [1.82, 2.24) is 4.98 Å². The van der Waals surface area contributed by atoms with Crippen molar-refractivity contribution in [3.8, 4) is 0 Å². The molecular formula is C9H4Cl2FN. The van der Waals surface area contributed by atoms with Crippen LogP contribution >= 0.6 is 23.2 Å². The van der Waals surface area contributed by atoms with Crippen molar-refractivity contribution < 1.29 is 4.39 Å². The smallest absolute Gasteiger partial charge is 0.142 e. The van der Waals surface area contributed by atoms with Crippen LogP contribution in [0.1, 0.15) is 0 Å². The molecule has 0 aliphatic rings. The van der Waals surface area contributed by atoms with E-state index in [2.05, 4.69) is 4.98 Å². The minimum atomic E-state index is -0.446. The zero-order valence-electron chi connectivity index (χ0n) is 6.39. The molecule has 0 radical (unpaired) electrons. The van der Waals surface area contributed by atoms with Gasteiger partial charge in [-0.2, -0.15) is 0 Å². The zero-order chi connectivity index (χ0) is 9.42. The molecule has 0 saturated heterocycles. The average molecular weight is 216 g/mol. The number of pyridine rings is 1. The van der Waals surface area contributed by atoms with Crippen molar-refractivity contribution in [3.05, 3.63) is 40.3 Å². The molecule has 0 atom stereocenters. The standard InChI is InChI=1S/C9H4Cl2FN/c10-6-4-8-5(3-7(6)12)1-2-9(11)13-8/h1-4H. The Balaban J connectivity index is 2.81. The summed E-state index contributed by atoms with van der Waals surface area (Å²) < 4.78 is 13.0. The summed E-state index contributed by atoms with van der Waals surface area (Å²) in [7, 11) is 0. The van der Waals surface area contributed by atoms with Gasteiger partial charge in [0.05, 0.1) is 10.5 Å². The number of nitrogens with zero attached hydrogens (tertiary/aromatic N) is 1. The Morgan fingerprint density at radius 2 is 1.92 bits per heavy atom. The van der Waals surface area contributed by atoms with Gasteiger partial charge in [-0.15, -0.1) is 0 Å². The predicted molar refractivity (Wildman–Crippen MR) is 51.7 cm³/mol. The molecule has 66 valence electrons. The lowest BCUT2D eigenvalue weighted by molar-refractivity contribution is 0.630. The van der Waals surface area contributed by atoms with Gasteiger partial charge >= 0.3 is 0 Å². The molecule has 0 spiro atoms. The Kier molecular flexibility index (Phi) is 2.10. The summed E-state index contributed by atoms with van der Waals surface area (Å²) in [5, 5.41) is 1.11. The first kappa shape index (κ1) is 8.73. The maximum absolute atomic E-state index is 13.0. The van der Waals surface area contributed by atoms with E-state index in [9.17, 15) is 4.39 Å². The van der Waals surface area contributed by atoms with Gasteiger partial charge in [-0.05, 0) is 24.3 Å². The molecule has 0 aliphatic carbocycles. The van der Waals surface area contributed by atoms with Crippen molar-refractivity contribution in [2.24, 2.45) is 0 Å². The largest absolute Gasteiger partial charge is 0.236 e. The molecule has 1 heterocycles. The van der Waals surface area contributed by atoms with E-state index in [0.29, 0.717) is 16.1 Å². The normalized spacial score (nSPS) is 10.7. The minimum absolute atomic E-state index is 0.0577. The summed E-state index contributed by atoms with van der Waals surface area (Å²) in [6.07, 6.45) is 0. The molecule has 0 amide bonds. The van der Waals surface area contributed by atoms with Crippen LogP contribution in [-0.4, -0.2) is 4.98 Å². The summed E-state index contributed by atoms with van der Waals surface area (Å²) in [6, 6.07) is 6.10. The van der Waals surface area contributed by atoms with Crippen LogP contribution in [0.5, 0.6) is 0 Å². The molecule has 1 nitrogen and oxygen atoms in total. The number of halogens is 3. The van der Waals surface area contributed by atoms with Gasteiger partial charge in [-0.25, -0.2) is 9.37 Å². The fourth-order valence-electron chi connectivity index (χ4n) is 1.09. The second kappa shape index (κ2) is 3.13. The van der Waals surface area contributed by atoms with Gasteiger partial charge in [0.2, 0.25) is 0 Å². The predicted octanol–water partition coefficient (Wildman–Crippen LogP) is 3.68. The van der Waals surface area contributed by atoms with Crippen molar-refractivity contribution in [3.63, 3.8) is 0 Å². The van der Waals surface area contributed by atoms with E-state index in [0.717, 1.165) is 0 Å². The minimum Gasteiger partial charge on any atom is -0.236 e. The van der Waals surface area contributed by atoms with E-state index in [1.165, 1.54) is 12.1 Å². The van der Waals surface area contributed by atoms with E-state index in [4.69, 9.17) is 23.2 Å². The second-order valence-electron chi connectivity index (χ2n) is 2.59. The van der Waals surface area contributed by atoms with E-state index in [1.807, 2.05) is 0 Å². The topological polar surface area (TPSA) is 12.9 Å². The highest BCUT2D eigenvalue weighted by atomic mass is 35.5. The van der Waals surface area contributed by atoms with Crippen LogP contribution in [0.4, 0.5) is 4.39 Å². The van der Waals surface area contributed by atoms with Gasteiger partial charge < -0.3 is 0 Å². The molecule has 4 heteroatoms. The fourth-order valence-corrected chi connectivity index (χ4v) is 1.40. The Morgan fingerprint density at radius 1 is 1.15 bits per heavy atom. The molecular weight excluding hydrogens is 212 g/mol. The molecule has 0 unspecified atom stereocenters. The number of aromatic nitrogens is 1. The van der Waals surface area contributed by atoms with E-state index in [-0.39, 0.29) is 5.02 Å². The van der Waals surface area contributed by atoms with Gasteiger partial charge in [0.1, 0.15) is 11.0 Å². The summed E-state index contributed by atoms with van der Waals surface area (Å²) in [5.74, 6) is -0.446. The average Bonchev–Trinajstić information content (AvgIpc) is 2.08. The van der Waals surface area contributed by atoms with Crippen molar-refractivity contribution in [2.45, 2.75) is 0 Å². The molecule has 1 aromatic carbocycles. The third-order valence-electron chi connectivity index (χ3n) is 1.70. The van der Waals surface area contributed by atoms with Crippen LogP contribution in [0.15, 0.2) is 24.3 Å². The van der Waals surface area contributed by atoms with Crippen LogP contribution < -0.4 is 0 Å². The van der Waals surface area contributed by atoms with Crippen LogP contribution in [0.2, 0.25) is 10.2 Å². The maximum atomic E-state index is 13.0. The molecule has 2 rings (SSSR count). The Morgan fingerprint density at radius 3 is 2.69 bits per heavy atom. The maximum Gasteiger partial charge on any atom is 0.142 e. The molecule has 13 heavy (non-hydrogen) atoms. The Labute approximate surface area is 84.1 Å². The van der Waals surface area contributed by atoms with Gasteiger partial charge in [0, 0.05) is 5.39 Å². The second-order valence-corrected chi connectivity index (χ2v) is 3.39. The Hall–Kier alpha value is -0.860. The summed E-state index contributed by atoms with van der Waals surface area (Å²) in [4.78, 5) is 3.99. The van der Waals surface area contributed by atoms with Crippen LogP contribution in [0.3, 0.4) is 0 Å². The van der Waals surface area contributed by atoms with Crippen LogP contribution in [0, 0.1) is 5.82 Å². The summed E-state index contributed by atoms with van der Waals surface area (Å²) in [6.45, 7) is 0. The molecule has 0 bridgehead atoms. The third kappa shape index (κ3) is 1.60. The lowest BCUT2D eigenvalue weighted by Gasteiger charge is -1.99. The van der Waals surface area contributed by atoms with Crippen molar-refractivity contribution in [1.29, 1.82) is 0 Å². The van der Waals surface area contributed by atoms with Crippen LogP contribution in [0.25, 0.3) is 10.9 Å². The first-order valence-corrected chi connectivity index (χ1v) is 4.34. The quantitative estimate of drug-likeness (QED) is 0.612. The van der Waals surface area contributed by atoms with Crippen molar-refractivity contribution in [2.75, 3.05) is 0 Å². The van der Waals surface area contributed by atoms with Gasteiger partial charge in [-0.3, -0.25) is 0 Å². The molecule has 1 aromatic heterocycles. The summed E-state index contributed by atoms with van der Waals surface area (Å²) in [5.41, 5.74) is 0.596. The van der Waals surface area contributed by atoms with Crippen molar-refractivity contribution >= 4 is 34.1 Å². The zero-order valence-corrected chi connectivity index (χ0v) is 7.90. The molecule has 0 fully saturated rings. The lowest BCUT2D eigenvalue weighted by Crippen LogP contribution is -1.82. The number of fused-ring (bicyclic) bond motifs is 1. The molecule has 0 aliphatic heterocycles. The monoisotopic (exact) mass is 215 g/mol. The SMILES string of the molecule is Fc1cc2ccc(Cl)nc2cc1Cl. The van der Waals surface area contributed by atoms with Gasteiger partial charge in [0.15, 0.2) is 0 Å². The molecule has 0 saturated carbocycles. The van der Waals surface area contributed by atoms with E-state index in [1.54, 1.807) is 12.1 Å². The molecule has 2 aromatic rings. The Bertz CT molecular complexity index is 470. The highest BCUT2D eigenvalue weighted by molar-refractivity contribution is 6.31. The number of hydrogen-bond acceptors (Lipinski definition) is 1. The number of hydrogen-bond donors (Lipinski definition) is 0. The van der Waals surface area contributed by atoms with Gasteiger partial charge in [0.25, 0.3) is 0 Å². The van der Waals surface area contributed by atoms with Gasteiger partial charge in [-0.1, -0.05) is 23.2 Å².